The molecule has 5 heteroatoms. The van der Waals surface area contributed by atoms with Gasteiger partial charge in [-0.15, -0.1) is 12.4 Å². The molecule has 1 amide bonds. The lowest BCUT2D eigenvalue weighted by molar-refractivity contribution is 0.0569. The van der Waals surface area contributed by atoms with Crippen LogP contribution in [0.15, 0.2) is 10.5 Å². The predicted molar refractivity (Wildman–Crippen MR) is 78.0 cm³/mol. The van der Waals surface area contributed by atoms with Crippen molar-refractivity contribution in [1.29, 1.82) is 0 Å². The Balaban J connectivity index is 0.00000180. The van der Waals surface area contributed by atoms with E-state index in [2.05, 4.69) is 19.2 Å². The molecule has 2 heterocycles. The first-order valence-electron chi connectivity index (χ1n) is 6.68. The second-order valence-corrected chi connectivity index (χ2v) is 5.05. The summed E-state index contributed by atoms with van der Waals surface area (Å²) in [6.45, 7) is 9.79. The molecule has 2 unspecified atom stereocenters. The molecular formula is C14H23ClN2O2. The van der Waals surface area contributed by atoms with Gasteiger partial charge in [0.15, 0.2) is 5.76 Å². The van der Waals surface area contributed by atoms with E-state index >= 15 is 0 Å². The number of aryl methyl sites for hydroxylation is 2. The lowest BCUT2D eigenvalue weighted by atomic mass is 10.1. The van der Waals surface area contributed by atoms with Crippen molar-refractivity contribution in [3.05, 3.63) is 23.2 Å². The van der Waals surface area contributed by atoms with Crippen LogP contribution in [0.3, 0.4) is 0 Å². The predicted octanol–water partition coefficient (Wildman–Crippen LogP) is 2.39. The first-order chi connectivity index (χ1) is 8.54. The summed E-state index contributed by atoms with van der Waals surface area (Å²) in [6, 6.07) is 2.38. The van der Waals surface area contributed by atoms with Crippen LogP contribution < -0.4 is 5.32 Å². The first-order valence-corrected chi connectivity index (χ1v) is 6.68. The third kappa shape index (κ3) is 3.12. The van der Waals surface area contributed by atoms with E-state index in [9.17, 15) is 4.79 Å². The minimum Gasteiger partial charge on any atom is -0.456 e. The van der Waals surface area contributed by atoms with Gasteiger partial charge in [0.1, 0.15) is 5.76 Å². The molecule has 1 aromatic rings. The van der Waals surface area contributed by atoms with Gasteiger partial charge in [-0.2, -0.15) is 0 Å². The number of rotatable bonds is 2. The molecule has 0 saturated carbocycles. The SMILES string of the molecule is CCc1oc(C(=O)N2CCNC(C)C2C)cc1C.Cl. The number of piperazine rings is 1. The Kier molecular flexibility index (Phi) is 5.44. The van der Waals surface area contributed by atoms with Gasteiger partial charge in [-0.05, 0) is 32.4 Å². The maximum atomic E-state index is 12.4. The van der Waals surface area contributed by atoms with Gasteiger partial charge in [0.2, 0.25) is 0 Å². The molecule has 2 rings (SSSR count). The van der Waals surface area contributed by atoms with E-state index in [-0.39, 0.29) is 24.4 Å². The average Bonchev–Trinajstić information content (AvgIpc) is 2.73. The van der Waals surface area contributed by atoms with Crippen molar-refractivity contribution in [3.63, 3.8) is 0 Å². The molecule has 1 N–H and O–H groups in total. The number of carbonyl (C=O) groups excluding carboxylic acids is 1. The molecule has 4 nitrogen and oxygen atoms in total. The van der Waals surface area contributed by atoms with E-state index in [0.29, 0.717) is 11.8 Å². The van der Waals surface area contributed by atoms with Crippen molar-refractivity contribution in [2.75, 3.05) is 13.1 Å². The van der Waals surface area contributed by atoms with Crippen molar-refractivity contribution in [3.8, 4) is 0 Å². The Bertz CT molecular complexity index is 445. The van der Waals surface area contributed by atoms with Gasteiger partial charge < -0.3 is 14.6 Å². The lowest BCUT2D eigenvalue weighted by Gasteiger charge is -2.38. The molecule has 1 aliphatic heterocycles. The summed E-state index contributed by atoms with van der Waals surface area (Å²) in [5.41, 5.74) is 1.07. The van der Waals surface area contributed by atoms with Crippen LogP contribution in [0, 0.1) is 6.92 Å². The highest BCUT2D eigenvalue weighted by atomic mass is 35.5. The van der Waals surface area contributed by atoms with Gasteiger partial charge >= 0.3 is 0 Å². The molecule has 0 aliphatic carbocycles. The summed E-state index contributed by atoms with van der Waals surface area (Å²) in [6.07, 6.45) is 0.826. The summed E-state index contributed by atoms with van der Waals surface area (Å²) in [4.78, 5) is 14.3. The van der Waals surface area contributed by atoms with E-state index < -0.39 is 0 Å². The van der Waals surface area contributed by atoms with E-state index in [1.807, 2.05) is 24.8 Å². The highest BCUT2D eigenvalue weighted by Gasteiger charge is 2.30. The number of furan rings is 1. The maximum absolute atomic E-state index is 12.4. The minimum absolute atomic E-state index is 0. The zero-order valence-corrected chi connectivity index (χ0v) is 12.8. The monoisotopic (exact) mass is 286 g/mol. The van der Waals surface area contributed by atoms with Crippen molar-refractivity contribution in [2.45, 2.75) is 46.2 Å². The molecule has 1 aliphatic rings. The first kappa shape index (κ1) is 16.1. The van der Waals surface area contributed by atoms with Gasteiger partial charge in [-0.25, -0.2) is 0 Å². The van der Waals surface area contributed by atoms with E-state index in [1.165, 1.54) is 0 Å². The van der Waals surface area contributed by atoms with E-state index in [0.717, 1.165) is 30.8 Å². The zero-order valence-electron chi connectivity index (χ0n) is 12.0. The van der Waals surface area contributed by atoms with Gasteiger partial charge in [0, 0.05) is 31.6 Å². The molecule has 19 heavy (non-hydrogen) atoms. The van der Waals surface area contributed by atoms with Crippen molar-refractivity contribution >= 4 is 18.3 Å². The smallest absolute Gasteiger partial charge is 0.289 e. The van der Waals surface area contributed by atoms with E-state index in [1.54, 1.807) is 0 Å². The summed E-state index contributed by atoms with van der Waals surface area (Å²) in [5.74, 6) is 1.40. The normalized spacial score (nSPS) is 23.1. The lowest BCUT2D eigenvalue weighted by Crippen LogP contribution is -2.57. The maximum Gasteiger partial charge on any atom is 0.289 e. The third-order valence-corrected chi connectivity index (χ3v) is 3.85. The molecule has 108 valence electrons. The van der Waals surface area contributed by atoms with Crippen LogP contribution >= 0.6 is 12.4 Å². The Hall–Kier alpha value is -1.00. The Morgan fingerprint density at radius 1 is 1.53 bits per heavy atom. The van der Waals surface area contributed by atoms with Crippen LogP contribution in [-0.2, 0) is 6.42 Å². The molecule has 1 saturated heterocycles. The highest BCUT2D eigenvalue weighted by molar-refractivity contribution is 5.92. The van der Waals surface area contributed by atoms with Crippen LogP contribution in [0.5, 0.6) is 0 Å². The topological polar surface area (TPSA) is 45.5 Å². The second kappa shape index (κ2) is 6.44. The third-order valence-electron chi connectivity index (χ3n) is 3.85. The summed E-state index contributed by atoms with van der Waals surface area (Å²) >= 11 is 0. The Morgan fingerprint density at radius 3 is 2.79 bits per heavy atom. The van der Waals surface area contributed by atoms with Gasteiger partial charge in [-0.3, -0.25) is 4.79 Å². The number of halogens is 1. The van der Waals surface area contributed by atoms with Crippen LogP contribution in [0.1, 0.15) is 42.6 Å². The standard InChI is InChI=1S/C14H22N2O2.ClH/c1-5-12-9(2)8-13(18-12)14(17)16-7-6-15-10(3)11(16)4;/h8,10-11,15H,5-7H2,1-4H3;1H. The second-order valence-electron chi connectivity index (χ2n) is 5.05. The van der Waals surface area contributed by atoms with E-state index in [4.69, 9.17) is 4.42 Å². The Morgan fingerprint density at radius 2 is 2.21 bits per heavy atom. The van der Waals surface area contributed by atoms with Crippen LogP contribution in [-0.4, -0.2) is 36.0 Å². The summed E-state index contributed by atoms with van der Waals surface area (Å²) < 4.78 is 5.65. The molecule has 0 aromatic carbocycles. The van der Waals surface area contributed by atoms with Crippen LogP contribution in [0.4, 0.5) is 0 Å². The number of hydrogen-bond donors (Lipinski definition) is 1. The fourth-order valence-corrected chi connectivity index (χ4v) is 2.46. The van der Waals surface area contributed by atoms with Crippen LogP contribution in [0.25, 0.3) is 0 Å². The molecule has 0 spiro atoms. The molecular weight excluding hydrogens is 264 g/mol. The highest BCUT2D eigenvalue weighted by Crippen LogP contribution is 2.19. The molecule has 1 aromatic heterocycles. The largest absolute Gasteiger partial charge is 0.456 e. The minimum atomic E-state index is 0. The number of carbonyl (C=O) groups is 1. The number of nitrogens with one attached hydrogen (secondary N) is 1. The number of hydrogen-bond acceptors (Lipinski definition) is 3. The number of nitrogens with zero attached hydrogens (tertiary/aromatic N) is 1. The quantitative estimate of drug-likeness (QED) is 0.908. The molecule has 0 bridgehead atoms. The van der Waals surface area contributed by atoms with Crippen LogP contribution in [0.2, 0.25) is 0 Å². The number of amides is 1. The Labute approximate surface area is 120 Å². The van der Waals surface area contributed by atoms with Crippen molar-refractivity contribution < 1.29 is 9.21 Å². The van der Waals surface area contributed by atoms with Gasteiger partial charge in [0.05, 0.1) is 0 Å². The van der Waals surface area contributed by atoms with Gasteiger partial charge in [0.25, 0.3) is 5.91 Å². The fraction of sp³-hybridized carbons (Fsp3) is 0.643. The molecule has 2 atom stereocenters. The van der Waals surface area contributed by atoms with Gasteiger partial charge in [-0.1, -0.05) is 6.92 Å². The van der Waals surface area contributed by atoms with Crippen molar-refractivity contribution in [2.24, 2.45) is 0 Å². The average molecular weight is 287 g/mol. The molecule has 0 radical (unpaired) electrons. The fourth-order valence-electron chi connectivity index (χ4n) is 2.46. The van der Waals surface area contributed by atoms with Crippen molar-refractivity contribution in [1.82, 2.24) is 10.2 Å². The molecule has 1 fully saturated rings. The zero-order chi connectivity index (χ0) is 13.3. The summed E-state index contributed by atoms with van der Waals surface area (Å²) in [7, 11) is 0. The summed E-state index contributed by atoms with van der Waals surface area (Å²) in [5, 5.41) is 3.37.